The van der Waals surface area contributed by atoms with Crippen LogP contribution in [0.5, 0.6) is 11.5 Å². The molecule has 0 atom stereocenters. The number of nitrogens with one attached hydrogen (secondary N) is 1. The van der Waals surface area contributed by atoms with Gasteiger partial charge in [0.15, 0.2) is 11.5 Å². The summed E-state index contributed by atoms with van der Waals surface area (Å²) in [5.74, 6) is 1.10. The third kappa shape index (κ3) is 2.30. The molecule has 0 unspecified atom stereocenters. The fourth-order valence-electron chi connectivity index (χ4n) is 1.78. The normalized spacial score (nSPS) is 10.2. The van der Waals surface area contributed by atoms with Crippen LogP contribution in [0.2, 0.25) is 0 Å². The fourth-order valence-corrected chi connectivity index (χ4v) is 1.78. The fraction of sp³-hybridized carbons (Fsp3) is 0.167. The Labute approximate surface area is 109 Å². The number of aromatic amines is 1. The highest BCUT2D eigenvalue weighted by atomic mass is 16.5. The maximum atomic E-state index is 11.9. The van der Waals surface area contributed by atoms with Gasteiger partial charge in [-0.25, -0.2) is 0 Å². The van der Waals surface area contributed by atoms with Crippen molar-refractivity contribution in [3.63, 3.8) is 0 Å². The first-order valence-corrected chi connectivity index (χ1v) is 5.44. The average molecular weight is 262 g/mol. The zero-order valence-corrected chi connectivity index (χ0v) is 10.6. The molecule has 0 aliphatic carbocycles. The number of methoxy groups -OCH3 is 2. The van der Waals surface area contributed by atoms with Crippen LogP contribution in [-0.4, -0.2) is 24.2 Å². The SMILES string of the molecule is COc1ccc(-c2c(N)nc(N)[nH]c2=O)cc1OC. The second-order valence-corrected chi connectivity index (χ2v) is 3.78. The van der Waals surface area contributed by atoms with E-state index in [2.05, 4.69) is 9.97 Å². The van der Waals surface area contributed by atoms with E-state index in [1.807, 2.05) is 0 Å². The maximum Gasteiger partial charge on any atom is 0.262 e. The van der Waals surface area contributed by atoms with Crippen molar-refractivity contribution in [1.82, 2.24) is 9.97 Å². The molecule has 19 heavy (non-hydrogen) atoms. The highest BCUT2D eigenvalue weighted by molar-refractivity contribution is 5.75. The monoisotopic (exact) mass is 262 g/mol. The van der Waals surface area contributed by atoms with Crippen LogP contribution in [-0.2, 0) is 0 Å². The van der Waals surface area contributed by atoms with E-state index in [0.717, 1.165) is 0 Å². The van der Waals surface area contributed by atoms with E-state index in [1.54, 1.807) is 18.2 Å². The molecule has 2 aromatic rings. The predicted octanol–water partition coefficient (Wildman–Crippen LogP) is 0.619. The van der Waals surface area contributed by atoms with Crippen molar-refractivity contribution in [3.05, 3.63) is 28.6 Å². The van der Waals surface area contributed by atoms with Gasteiger partial charge >= 0.3 is 0 Å². The minimum Gasteiger partial charge on any atom is -0.493 e. The van der Waals surface area contributed by atoms with Gasteiger partial charge in [0, 0.05) is 0 Å². The van der Waals surface area contributed by atoms with Crippen LogP contribution in [0.25, 0.3) is 11.1 Å². The second-order valence-electron chi connectivity index (χ2n) is 3.78. The third-order valence-corrected chi connectivity index (χ3v) is 2.64. The summed E-state index contributed by atoms with van der Waals surface area (Å²) in [6, 6.07) is 5.03. The summed E-state index contributed by atoms with van der Waals surface area (Å²) in [6.07, 6.45) is 0. The molecular formula is C12H14N4O3. The zero-order valence-electron chi connectivity index (χ0n) is 10.6. The molecular weight excluding hydrogens is 248 g/mol. The minimum absolute atomic E-state index is 0.0215. The lowest BCUT2D eigenvalue weighted by Crippen LogP contribution is -2.16. The van der Waals surface area contributed by atoms with Gasteiger partial charge in [-0.15, -0.1) is 0 Å². The van der Waals surface area contributed by atoms with Crippen LogP contribution in [0.15, 0.2) is 23.0 Å². The smallest absolute Gasteiger partial charge is 0.262 e. The number of rotatable bonds is 3. The maximum absolute atomic E-state index is 11.9. The van der Waals surface area contributed by atoms with Crippen molar-refractivity contribution in [2.24, 2.45) is 0 Å². The molecule has 0 aliphatic heterocycles. The van der Waals surface area contributed by atoms with Crippen LogP contribution < -0.4 is 26.5 Å². The molecule has 0 bridgehead atoms. The van der Waals surface area contributed by atoms with Crippen LogP contribution in [0.4, 0.5) is 11.8 Å². The molecule has 7 heteroatoms. The van der Waals surface area contributed by atoms with Crippen molar-refractivity contribution in [1.29, 1.82) is 0 Å². The number of anilines is 2. The van der Waals surface area contributed by atoms with E-state index in [-0.39, 0.29) is 17.3 Å². The van der Waals surface area contributed by atoms with Gasteiger partial charge in [0.1, 0.15) is 5.82 Å². The molecule has 0 spiro atoms. The Hall–Kier alpha value is -2.70. The molecule has 0 saturated carbocycles. The quantitative estimate of drug-likeness (QED) is 0.746. The Bertz CT molecular complexity index is 667. The summed E-state index contributed by atoms with van der Waals surface area (Å²) in [6.45, 7) is 0. The summed E-state index contributed by atoms with van der Waals surface area (Å²) >= 11 is 0. The van der Waals surface area contributed by atoms with Gasteiger partial charge in [-0.1, -0.05) is 6.07 Å². The van der Waals surface area contributed by atoms with Crippen molar-refractivity contribution >= 4 is 11.8 Å². The van der Waals surface area contributed by atoms with Crippen molar-refractivity contribution in [3.8, 4) is 22.6 Å². The molecule has 5 N–H and O–H groups in total. The standard InChI is InChI=1S/C12H14N4O3/c1-18-7-4-3-6(5-8(7)19-2)9-10(13)15-12(14)16-11(9)17/h3-5H,1-2H3,(H5,13,14,15,16,17). The highest BCUT2D eigenvalue weighted by Gasteiger charge is 2.13. The van der Waals surface area contributed by atoms with Gasteiger partial charge in [0.2, 0.25) is 5.95 Å². The van der Waals surface area contributed by atoms with Gasteiger partial charge in [0.25, 0.3) is 5.56 Å². The number of benzene rings is 1. The number of aromatic nitrogens is 2. The number of nitrogen functional groups attached to an aromatic ring is 2. The molecule has 1 aromatic carbocycles. The molecule has 0 saturated heterocycles. The average Bonchev–Trinajstić information content (AvgIpc) is 2.37. The van der Waals surface area contributed by atoms with E-state index < -0.39 is 5.56 Å². The van der Waals surface area contributed by atoms with Crippen LogP contribution >= 0.6 is 0 Å². The summed E-state index contributed by atoms with van der Waals surface area (Å²) < 4.78 is 10.3. The Balaban J connectivity index is 2.63. The molecule has 0 fully saturated rings. The van der Waals surface area contributed by atoms with E-state index in [1.165, 1.54) is 14.2 Å². The number of nitrogens with zero attached hydrogens (tertiary/aromatic N) is 1. The van der Waals surface area contributed by atoms with E-state index in [0.29, 0.717) is 17.1 Å². The van der Waals surface area contributed by atoms with Crippen molar-refractivity contribution in [2.75, 3.05) is 25.7 Å². The van der Waals surface area contributed by atoms with Gasteiger partial charge in [0.05, 0.1) is 19.8 Å². The summed E-state index contributed by atoms with van der Waals surface area (Å²) in [5, 5.41) is 0. The summed E-state index contributed by atoms with van der Waals surface area (Å²) in [4.78, 5) is 18.1. The lowest BCUT2D eigenvalue weighted by Gasteiger charge is -2.10. The molecule has 0 amide bonds. The second kappa shape index (κ2) is 4.89. The number of hydrogen-bond donors (Lipinski definition) is 3. The zero-order chi connectivity index (χ0) is 14.0. The van der Waals surface area contributed by atoms with Crippen molar-refractivity contribution < 1.29 is 9.47 Å². The van der Waals surface area contributed by atoms with Crippen LogP contribution in [0.3, 0.4) is 0 Å². The van der Waals surface area contributed by atoms with Gasteiger partial charge in [-0.05, 0) is 17.7 Å². The van der Waals surface area contributed by atoms with Gasteiger partial charge in [-0.3, -0.25) is 9.78 Å². The third-order valence-electron chi connectivity index (χ3n) is 2.64. The molecule has 1 aromatic heterocycles. The van der Waals surface area contributed by atoms with Gasteiger partial charge < -0.3 is 20.9 Å². The number of hydrogen-bond acceptors (Lipinski definition) is 6. The first kappa shape index (κ1) is 12.7. The van der Waals surface area contributed by atoms with E-state index >= 15 is 0 Å². The molecule has 100 valence electrons. The Kier molecular flexibility index (Phi) is 3.28. The van der Waals surface area contributed by atoms with Crippen LogP contribution in [0, 0.1) is 0 Å². The molecule has 2 rings (SSSR count). The summed E-state index contributed by atoms with van der Waals surface area (Å²) in [5.41, 5.74) is 11.6. The highest BCUT2D eigenvalue weighted by Crippen LogP contribution is 2.32. The number of H-pyrrole nitrogens is 1. The topological polar surface area (TPSA) is 116 Å². The minimum atomic E-state index is -0.405. The molecule has 0 radical (unpaired) electrons. The lowest BCUT2D eigenvalue weighted by atomic mass is 10.1. The predicted molar refractivity (Wildman–Crippen MR) is 72.2 cm³/mol. The van der Waals surface area contributed by atoms with Gasteiger partial charge in [-0.2, -0.15) is 4.98 Å². The molecule has 0 aliphatic rings. The lowest BCUT2D eigenvalue weighted by molar-refractivity contribution is 0.355. The Morgan fingerprint density at radius 1 is 1.16 bits per heavy atom. The molecule has 1 heterocycles. The van der Waals surface area contributed by atoms with E-state index in [9.17, 15) is 4.79 Å². The molecule has 7 nitrogen and oxygen atoms in total. The van der Waals surface area contributed by atoms with Crippen molar-refractivity contribution in [2.45, 2.75) is 0 Å². The van der Waals surface area contributed by atoms with E-state index in [4.69, 9.17) is 20.9 Å². The number of ether oxygens (including phenoxy) is 2. The number of nitrogens with two attached hydrogens (primary N) is 2. The Morgan fingerprint density at radius 2 is 1.84 bits per heavy atom. The Morgan fingerprint density at radius 3 is 2.42 bits per heavy atom. The largest absolute Gasteiger partial charge is 0.493 e. The first-order chi connectivity index (χ1) is 9.06. The first-order valence-electron chi connectivity index (χ1n) is 5.44. The summed E-state index contributed by atoms with van der Waals surface area (Å²) in [7, 11) is 3.04. The van der Waals surface area contributed by atoms with Crippen LogP contribution in [0.1, 0.15) is 0 Å².